The number of benzene rings is 3. The van der Waals surface area contributed by atoms with E-state index >= 15 is 0 Å². The Morgan fingerprint density at radius 1 is 0.529 bits per heavy atom. The summed E-state index contributed by atoms with van der Waals surface area (Å²) >= 11 is 3.84. The lowest BCUT2D eigenvalue weighted by molar-refractivity contribution is 0.288. The highest BCUT2D eigenvalue weighted by molar-refractivity contribution is 7.98. The van der Waals surface area contributed by atoms with Gasteiger partial charge < -0.3 is 9.47 Å². The average Bonchev–Trinajstić information content (AvgIpc) is 2.88. The zero-order valence-corrected chi connectivity index (χ0v) is 20.6. The number of hydrogen-bond acceptors (Lipinski definition) is 5. The van der Waals surface area contributed by atoms with Gasteiger partial charge in [0.25, 0.3) is 0 Å². The number of thioether (sulfide) groups is 2. The van der Waals surface area contributed by atoms with Crippen molar-refractivity contribution < 1.29 is 9.47 Å². The molecule has 0 atom stereocenters. The molecular formula is C29H27NO2S2. The topological polar surface area (TPSA) is 31.4 Å². The van der Waals surface area contributed by atoms with Crippen LogP contribution in [0.5, 0.6) is 11.5 Å². The Hall–Kier alpha value is -2.89. The predicted molar refractivity (Wildman–Crippen MR) is 142 cm³/mol. The van der Waals surface area contributed by atoms with Crippen LogP contribution in [0.4, 0.5) is 0 Å². The second-order valence-electron chi connectivity index (χ2n) is 8.22. The van der Waals surface area contributed by atoms with Crippen molar-refractivity contribution in [1.82, 2.24) is 4.98 Å². The van der Waals surface area contributed by atoms with Crippen LogP contribution in [-0.4, -0.2) is 4.98 Å². The zero-order chi connectivity index (χ0) is 23.0. The summed E-state index contributed by atoms with van der Waals surface area (Å²) in [7, 11) is 0. The van der Waals surface area contributed by atoms with E-state index < -0.39 is 0 Å². The molecule has 2 heterocycles. The van der Waals surface area contributed by atoms with Crippen molar-refractivity contribution in [1.29, 1.82) is 0 Å². The van der Waals surface area contributed by atoms with E-state index in [9.17, 15) is 0 Å². The second-order valence-corrected chi connectivity index (χ2v) is 10.2. The van der Waals surface area contributed by atoms with Crippen LogP contribution in [0, 0.1) is 0 Å². The standard InChI is InChI=1S/C29H27NO2S2/c1-3-13-28-24(9-1)20-33-18-22-7-5-8-23(15-22)19-34-21-25-10-2-4-14-29(25)32-17-27-12-6-11-26(30-27)16-31-28/h1-15H,16-21H2. The summed E-state index contributed by atoms with van der Waals surface area (Å²) in [6.07, 6.45) is 0. The van der Waals surface area contributed by atoms with E-state index in [0.29, 0.717) is 13.2 Å². The lowest BCUT2D eigenvalue weighted by Crippen LogP contribution is -2.05. The van der Waals surface area contributed by atoms with Gasteiger partial charge in [-0.25, -0.2) is 0 Å². The van der Waals surface area contributed by atoms with Gasteiger partial charge in [-0.2, -0.15) is 23.5 Å². The number of pyridine rings is 1. The molecular weight excluding hydrogens is 458 g/mol. The zero-order valence-electron chi connectivity index (χ0n) is 19.0. The molecule has 0 spiro atoms. The fraction of sp³-hybridized carbons (Fsp3) is 0.207. The molecule has 5 heteroatoms. The molecule has 0 radical (unpaired) electrons. The van der Waals surface area contributed by atoms with E-state index in [-0.39, 0.29) is 0 Å². The van der Waals surface area contributed by atoms with Gasteiger partial charge in [0, 0.05) is 34.1 Å². The van der Waals surface area contributed by atoms with Crippen LogP contribution in [0.25, 0.3) is 0 Å². The molecule has 34 heavy (non-hydrogen) atoms. The first kappa shape index (κ1) is 22.9. The third-order valence-electron chi connectivity index (χ3n) is 5.60. The number of fused-ring (bicyclic) bond motifs is 6. The smallest absolute Gasteiger partial charge is 0.130 e. The van der Waals surface area contributed by atoms with Crippen molar-refractivity contribution in [2.24, 2.45) is 0 Å². The Morgan fingerprint density at radius 2 is 1.03 bits per heavy atom. The highest BCUT2D eigenvalue weighted by Gasteiger charge is 2.09. The Bertz CT molecular complexity index is 1160. The fourth-order valence-electron chi connectivity index (χ4n) is 3.89. The summed E-state index contributed by atoms with van der Waals surface area (Å²) in [6, 6.07) is 31.6. The molecule has 172 valence electrons. The molecule has 0 amide bonds. The molecule has 1 aliphatic heterocycles. The predicted octanol–water partition coefficient (Wildman–Crippen LogP) is 7.42. The average molecular weight is 486 g/mol. The molecule has 1 aromatic heterocycles. The molecule has 0 fully saturated rings. The summed E-state index contributed by atoms with van der Waals surface area (Å²) in [4.78, 5) is 4.76. The Labute approximate surface area is 209 Å². The van der Waals surface area contributed by atoms with Crippen molar-refractivity contribution in [3.8, 4) is 11.5 Å². The quantitative estimate of drug-likeness (QED) is 0.259. The van der Waals surface area contributed by atoms with Gasteiger partial charge in [0.05, 0.1) is 11.4 Å². The molecule has 0 unspecified atom stereocenters. The Morgan fingerprint density at radius 3 is 1.59 bits per heavy atom. The first-order valence-electron chi connectivity index (χ1n) is 11.4. The van der Waals surface area contributed by atoms with Crippen LogP contribution in [-0.2, 0) is 36.2 Å². The molecule has 4 bridgehead atoms. The minimum absolute atomic E-state index is 0.435. The maximum Gasteiger partial charge on any atom is 0.130 e. The number of nitrogens with zero attached hydrogens (tertiary/aromatic N) is 1. The van der Waals surface area contributed by atoms with E-state index in [1.807, 2.05) is 66.0 Å². The molecule has 3 nitrogen and oxygen atoms in total. The van der Waals surface area contributed by atoms with Crippen molar-refractivity contribution in [2.45, 2.75) is 36.2 Å². The Balaban J connectivity index is 1.40. The molecule has 5 rings (SSSR count). The Kier molecular flexibility index (Phi) is 7.74. The molecule has 0 saturated heterocycles. The number of aromatic nitrogens is 1. The number of ether oxygens (including phenoxy) is 2. The monoisotopic (exact) mass is 485 g/mol. The van der Waals surface area contributed by atoms with E-state index in [1.165, 1.54) is 22.3 Å². The molecule has 3 aromatic carbocycles. The summed E-state index contributed by atoms with van der Waals surface area (Å²) in [6.45, 7) is 0.871. The molecule has 1 aliphatic rings. The van der Waals surface area contributed by atoms with Gasteiger partial charge in [-0.1, -0.05) is 66.7 Å². The van der Waals surface area contributed by atoms with E-state index in [1.54, 1.807) is 0 Å². The highest BCUT2D eigenvalue weighted by Crippen LogP contribution is 2.28. The normalized spacial score (nSPS) is 14.6. The van der Waals surface area contributed by atoms with Gasteiger partial charge in [-0.15, -0.1) is 0 Å². The molecule has 0 saturated carbocycles. The second kappa shape index (κ2) is 11.5. The van der Waals surface area contributed by atoms with Gasteiger partial charge in [0.2, 0.25) is 0 Å². The first-order valence-corrected chi connectivity index (χ1v) is 13.7. The maximum atomic E-state index is 6.19. The summed E-state index contributed by atoms with van der Waals surface area (Å²) in [5.41, 5.74) is 6.95. The molecule has 0 aliphatic carbocycles. The highest BCUT2D eigenvalue weighted by atomic mass is 32.2. The SMILES string of the molecule is c1cc2cc(c1)CSCc1ccccc1OCc1cccc(n1)COc1ccccc1CSC2. The van der Waals surface area contributed by atoms with Gasteiger partial charge >= 0.3 is 0 Å². The third-order valence-corrected chi connectivity index (χ3v) is 7.71. The van der Waals surface area contributed by atoms with Crippen LogP contribution in [0.2, 0.25) is 0 Å². The molecule has 0 N–H and O–H groups in total. The maximum absolute atomic E-state index is 6.19. The minimum atomic E-state index is 0.435. The number of hydrogen-bond donors (Lipinski definition) is 0. The summed E-state index contributed by atoms with van der Waals surface area (Å²) in [5.74, 6) is 5.62. The van der Waals surface area contributed by atoms with Gasteiger partial charge in [0.15, 0.2) is 0 Å². The third kappa shape index (κ3) is 6.16. The fourth-order valence-corrected chi connectivity index (χ4v) is 5.84. The molecule has 4 aromatic rings. The van der Waals surface area contributed by atoms with E-state index in [2.05, 4.69) is 48.5 Å². The van der Waals surface area contributed by atoms with Crippen LogP contribution in [0.3, 0.4) is 0 Å². The largest absolute Gasteiger partial charge is 0.487 e. The van der Waals surface area contributed by atoms with Crippen molar-refractivity contribution in [2.75, 3.05) is 0 Å². The van der Waals surface area contributed by atoms with Crippen LogP contribution < -0.4 is 9.47 Å². The van der Waals surface area contributed by atoms with Crippen molar-refractivity contribution in [3.63, 3.8) is 0 Å². The van der Waals surface area contributed by atoms with E-state index in [0.717, 1.165) is 45.9 Å². The van der Waals surface area contributed by atoms with Gasteiger partial charge in [-0.3, -0.25) is 4.98 Å². The van der Waals surface area contributed by atoms with Crippen molar-refractivity contribution >= 4 is 23.5 Å². The van der Waals surface area contributed by atoms with Crippen LogP contribution in [0.1, 0.15) is 33.6 Å². The lowest BCUT2D eigenvalue weighted by Gasteiger charge is -2.14. The van der Waals surface area contributed by atoms with E-state index in [4.69, 9.17) is 14.5 Å². The lowest BCUT2D eigenvalue weighted by atomic mass is 10.2. The van der Waals surface area contributed by atoms with Crippen LogP contribution in [0.15, 0.2) is 91.0 Å². The van der Waals surface area contributed by atoms with Crippen molar-refractivity contribution in [3.05, 3.63) is 125 Å². The number of rotatable bonds is 0. The summed E-state index contributed by atoms with van der Waals surface area (Å²) < 4.78 is 12.4. The first-order chi connectivity index (χ1) is 16.8. The number of para-hydroxylation sites is 2. The van der Waals surface area contributed by atoms with Gasteiger partial charge in [0.1, 0.15) is 24.7 Å². The van der Waals surface area contributed by atoms with Crippen LogP contribution >= 0.6 is 23.5 Å². The summed E-state index contributed by atoms with van der Waals surface area (Å²) in [5, 5.41) is 0. The minimum Gasteiger partial charge on any atom is -0.487 e. The van der Waals surface area contributed by atoms with Gasteiger partial charge in [-0.05, 0) is 35.4 Å².